The number of carbonyl (C=O) groups is 2. The third kappa shape index (κ3) is 4.47. The van der Waals surface area contributed by atoms with Crippen LogP contribution in [0.25, 0.3) is 0 Å². The minimum absolute atomic E-state index is 0.293. The molecule has 0 aliphatic heterocycles. The van der Waals surface area contributed by atoms with Crippen LogP contribution >= 0.6 is 38.9 Å². The normalized spacial score (nSPS) is 13.8. The van der Waals surface area contributed by atoms with Gasteiger partial charge in [0, 0.05) is 9.90 Å². The van der Waals surface area contributed by atoms with Crippen LogP contribution in [0.1, 0.15) is 41.1 Å². The third-order valence-corrected chi connectivity index (χ3v) is 6.27. The van der Waals surface area contributed by atoms with Crippen molar-refractivity contribution < 1.29 is 19.1 Å². The van der Waals surface area contributed by atoms with Gasteiger partial charge in [0.15, 0.2) is 6.10 Å². The molecule has 0 spiro atoms. The maximum absolute atomic E-state index is 12.6. The summed E-state index contributed by atoms with van der Waals surface area (Å²) in [4.78, 5) is 26.2. The minimum Gasteiger partial charge on any atom is -0.480 e. The fraction of sp³-hybridized carbons (Fsp3) is 0.368. The Morgan fingerprint density at radius 1 is 1.37 bits per heavy atom. The van der Waals surface area contributed by atoms with Crippen LogP contribution in [0.2, 0.25) is 5.02 Å². The van der Waals surface area contributed by atoms with Gasteiger partial charge in [-0.25, -0.2) is 4.79 Å². The number of benzene rings is 1. The molecule has 0 saturated carbocycles. The van der Waals surface area contributed by atoms with E-state index >= 15 is 0 Å². The van der Waals surface area contributed by atoms with Crippen molar-refractivity contribution in [3.63, 3.8) is 0 Å². The van der Waals surface area contributed by atoms with Crippen LogP contribution in [0, 0.1) is 0 Å². The van der Waals surface area contributed by atoms with Crippen molar-refractivity contribution in [2.24, 2.45) is 0 Å². The average molecular weight is 473 g/mol. The molecule has 1 aromatic heterocycles. The van der Waals surface area contributed by atoms with Gasteiger partial charge in [-0.2, -0.15) is 0 Å². The highest BCUT2D eigenvalue weighted by molar-refractivity contribution is 9.10. The number of nitrogens with one attached hydrogen (secondary N) is 1. The number of anilines is 1. The Kier molecular flexibility index (Phi) is 6.44. The van der Waals surface area contributed by atoms with Crippen LogP contribution in [0.3, 0.4) is 0 Å². The maximum Gasteiger partial charge on any atom is 0.341 e. The molecular formula is C19H19BrClNO4S. The van der Waals surface area contributed by atoms with Gasteiger partial charge in [-0.05, 0) is 72.8 Å². The first-order valence-corrected chi connectivity index (χ1v) is 10.6. The Hall–Kier alpha value is -1.57. The standard InChI is InChI=1S/C19H19BrClNO4S/c1-3-25-19(24)16-12-5-4-6-15(12)27-18(16)22-17(23)10(2)26-14-8-7-11(21)9-13(14)20/h7-10H,3-6H2,1-2H3,(H,22,23). The number of ether oxygens (including phenoxy) is 2. The smallest absolute Gasteiger partial charge is 0.341 e. The summed E-state index contributed by atoms with van der Waals surface area (Å²) in [6.45, 7) is 3.71. The largest absolute Gasteiger partial charge is 0.480 e. The Bertz CT molecular complexity index is 883. The van der Waals surface area contributed by atoms with E-state index < -0.39 is 6.10 Å². The second kappa shape index (κ2) is 8.63. The van der Waals surface area contributed by atoms with Crippen molar-refractivity contribution in [3.8, 4) is 5.75 Å². The topological polar surface area (TPSA) is 64.6 Å². The molecule has 1 amide bonds. The molecule has 1 aliphatic rings. The monoisotopic (exact) mass is 471 g/mol. The van der Waals surface area contributed by atoms with Crippen LogP contribution in [0.5, 0.6) is 5.75 Å². The Morgan fingerprint density at radius 3 is 2.85 bits per heavy atom. The zero-order valence-electron chi connectivity index (χ0n) is 14.9. The van der Waals surface area contributed by atoms with Crippen molar-refractivity contribution in [2.75, 3.05) is 11.9 Å². The number of thiophene rings is 1. The molecule has 5 nitrogen and oxygen atoms in total. The molecule has 1 N–H and O–H groups in total. The van der Waals surface area contributed by atoms with Crippen LogP contribution in [0.4, 0.5) is 5.00 Å². The number of aryl methyl sites for hydroxylation is 1. The predicted octanol–water partition coefficient (Wildman–Crippen LogP) is 5.24. The molecule has 144 valence electrons. The first kappa shape index (κ1) is 20.2. The lowest BCUT2D eigenvalue weighted by Gasteiger charge is -2.16. The summed E-state index contributed by atoms with van der Waals surface area (Å²) < 4.78 is 11.6. The fourth-order valence-electron chi connectivity index (χ4n) is 2.94. The van der Waals surface area contributed by atoms with Crippen LogP contribution < -0.4 is 10.1 Å². The number of carbonyl (C=O) groups excluding carboxylic acids is 2. The van der Waals surface area contributed by atoms with Gasteiger partial charge in [0.1, 0.15) is 10.8 Å². The van der Waals surface area contributed by atoms with Gasteiger partial charge in [0.25, 0.3) is 5.91 Å². The summed E-state index contributed by atoms with van der Waals surface area (Å²) in [5, 5.41) is 3.95. The number of hydrogen-bond donors (Lipinski definition) is 1. The molecule has 1 atom stereocenters. The summed E-state index contributed by atoms with van der Waals surface area (Å²) in [6, 6.07) is 5.08. The van der Waals surface area contributed by atoms with E-state index in [9.17, 15) is 9.59 Å². The van der Waals surface area contributed by atoms with Crippen molar-refractivity contribution in [1.82, 2.24) is 0 Å². The van der Waals surface area contributed by atoms with Crippen molar-refractivity contribution in [3.05, 3.63) is 43.7 Å². The zero-order valence-corrected chi connectivity index (χ0v) is 18.1. The lowest BCUT2D eigenvalue weighted by atomic mass is 10.1. The number of fused-ring (bicyclic) bond motifs is 1. The van der Waals surface area contributed by atoms with E-state index in [-0.39, 0.29) is 11.9 Å². The SMILES string of the molecule is CCOC(=O)c1c(NC(=O)C(C)Oc2ccc(Cl)cc2Br)sc2c1CCC2. The second-order valence-electron chi connectivity index (χ2n) is 6.11. The molecule has 0 fully saturated rings. The lowest BCUT2D eigenvalue weighted by Crippen LogP contribution is -2.30. The Labute approximate surface area is 175 Å². The highest BCUT2D eigenvalue weighted by Gasteiger charge is 2.29. The van der Waals surface area contributed by atoms with E-state index in [1.54, 1.807) is 32.0 Å². The molecule has 1 unspecified atom stereocenters. The average Bonchev–Trinajstić information content (AvgIpc) is 3.17. The quantitative estimate of drug-likeness (QED) is 0.584. The first-order chi connectivity index (χ1) is 12.9. The molecule has 0 saturated heterocycles. The lowest BCUT2D eigenvalue weighted by molar-refractivity contribution is -0.122. The van der Waals surface area contributed by atoms with Crippen molar-refractivity contribution >= 4 is 55.7 Å². The number of rotatable bonds is 6. The van der Waals surface area contributed by atoms with Gasteiger partial charge in [-0.15, -0.1) is 11.3 Å². The zero-order chi connectivity index (χ0) is 19.6. The third-order valence-electron chi connectivity index (χ3n) is 4.20. The van der Waals surface area contributed by atoms with Gasteiger partial charge in [-0.1, -0.05) is 11.6 Å². The Morgan fingerprint density at radius 2 is 2.15 bits per heavy atom. The number of esters is 1. The molecule has 8 heteroatoms. The molecule has 0 bridgehead atoms. The molecule has 1 aromatic carbocycles. The molecule has 3 rings (SSSR count). The summed E-state index contributed by atoms with van der Waals surface area (Å²) in [6.07, 6.45) is 2.02. The molecule has 1 aliphatic carbocycles. The minimum atomic E-state index is -0.755. The summed E-state index contributed by atoms with van der Waals surface area (Å²) in [5.41, 5.74) is 1.49. The first-order valence-electron chi connectivity index (χ1n) is 8.65. The predicted molar refractivity (Wildman–Crippen MR) is 110 cm³/mol. The molecule has 1 heterocycles. The van der Waals surface area contributed by atoms with E-state index in [1.807, 2.05) is 0 Å². The molecular weight excluding hydrogens is 454 g/mol. The number of halogens is 2. The van der Waals surface area contributed by atoms with Gasteiger partial charge in [-0.3, -0.25) is 4.79 Å². The second-order valence-corrected chi connectivity index (χ2v) is 8.50. The highest BCUT2D eigenvalue weighted by atomic mass is 79.9. The summed E-state index contributed by atoms with van der Waals surface area (Å²) in [7, 11) is 0. The van der Waals surface area contributed by atoms with Crippen LogP contribution in [0.15, 0.2) is 22.7 Å². The van der Waals surface area contributed by atoms with E-state index in [4.69, 9.17) is 21.1 Å². The van der Waals surface area contributed by atoms with Gasteiger partial charge in [0.2, 0.25) is 0 Å². The van der Waals surface area contributed by atoms with E-state index in [0.29, 0.717) is 32.4 Å². The Balaban J connectivity index is 1.76. The maximum atomic E-state index is 12.6. The van der Waals surface area contributed by atoms with Crippen molar-refractivity contribution in [2.45, 2.75) is 39.2 Å². The van der Waals surface area contributed by atoms with Crippen LogP contribution in [-0.4, -0.2) is 24.6 Å². The van der Waals surface area contributed by atoms with E-state index in [0.717, 1.165) is 29.7 Å². The molecule has 2 aromatic rings. The number of amides is 1. The van der Waals surface area contributed by atoms with Crippen LogP contribution in [-0.2, 0) is 22.4 Å². The summed E-state index contributed by atoms with van der Waals surface area (Å²) in [5.74, 6) is -0.204. The van der Waals surface area contributed by atoms with E-state index in [2.05, 4.69) is 21.2 Å². The fourth-order valence-corrected chi connectivity index (χ4v) is 5.00. The van der Waals surface area contributed by atoms with Gasteiger partial charge < -0.3 is 14.8 Å². The molecule has 27 heavy (non-hydrogen) atoms. The highest BCUT2D eigenvalue weighted by Crippen LogP contribution is 2.39. The summed E-state index contributed by atoms with van der Waals surface area (Å²) >= 11 is 10.7. The van der Waals surface area contributed by atoms with Gasteiger partial charge >= 0.3 is 5.97 Å². The van der Waals surface area contributed by atoms with E-state index in [1.165, 1.54) is 11.3 Å². The molecule has 0 radical (unpaired) electrons. The number of hydrogen-bond acceptors (Lipinski definition) is 5. The van der Waals surface area contributed by atoms with Gasteiger partial charge in [0.05, 0.1) is 16.6 Å². The van der Waals surface area contributed by atoms with Crippen molar-refractivity contribution in [1.29, 1.82) is 0 Å².